The van der Waals surface area contributed by atoms with Gasteiger partial charge in [-0.2, -0.15) is 0 Å². The van der Waals surface area contributed by atoms with Gasteiger partial charge >= 0.3 is 0 Å². The number of carbonyl (C=O) groups is 2. The first-order valence-electron chi connectivity index (χ1n) is 7.64. The quantitative estimate of drug-likeness (QED) is 0.571. The summed E-state index contributed by atoms with van der Waals surface area (Å²) in [6.07, 6.45) is 0.368. The number of amides is 2. The molecule has 3 N–H and O–H groups in total. The second-order valence-electron chi connectivity index (χ2n) is 6.78. The van der Waals surface area contributed by atoms with Crippen molar-refractivity contribution in [2.75, 3.05) is 18.1 Å². The van der Waals surface area contributed by atoms with Crippen molar-refractivity contribution in [3.05, 3.63) is 29.1 Å². The van der Waals surface area contributed by atoms with Crippen LogP contribution in [0.15, 0.2) is 24.3 Å². The van der Waals surface area contributed by atoms with Crippen LogP contribution in [-0.4, -0.2) is 35.3 Å². The average molecular weight is 350 g/mol. The minimum atomic E-state index is -0.561. The summed E-state index contributed by atoms with van der Waals surface area (Å²) < 4.78 is 0.879. The van der Waals surface area contributed by atoms with Gasteiger partial charge in [-0.3, -0.25) is 14.8 Å². The number of aliphatic hydroxyl groups excluding tert-OH is 1. The molecule has 0 unspecified atom stereocenters. The summed E-state index contributed by atoms with van der Waals surface area (Å²) in [5.41, 5.74) is 2.15. The smallest absolute Gasteiger partial charge is 0.284 e. The van der Waals surface area contributed by atoms with E-state index in [1.54, 1.807) is 22.5 Å². The van der Waals surface area contributed by atoms with Crippen LogP contribution in [0.5, 0.6) is 0 Å². The molecule has 130 valence electrons. The predicted octanol–water partition coefficient (Wildman–Crippen LogP) is 2.78. The Morgan fingerprint density at radius 2 is 1.96 bits per heavy atom. The predicted molar refractivity (Wildman–Crippen MR) is 94.6 cm³/mol. The fourth-order valence-electron chi connectivity index (χ4n) is 2.41. The summed E-state index contributed by atoms with van der Waals surface area (Å²) in [7, 11) is 0. The lowest BCUT2D eigenvalue weighted by molar-refractivity contribution is -0.120. The molecule has 0 aliphatic carbocycles. The molecule has 2 aromatic rings. The molecule has 1 heterocycles. The van der Waals surface area contributed by atoms with Crippen LogP contribution in [0.1, 0.15) is 36.9 Å². The third kappa shape index (κ3) is 4.31. The summed E-state index contributed by atoms with van der Waals surface area (Å²) in [5.74, 6) is -0.617. The number of aliphatic hydroxyl groups is 1. The van der Waals surface area contributed by atoms with Gasteiger partial charge in [0, 0.05) is 23.4 Å². The molecule has 0 aliphatic rings. The Hall–Kier alpha value is -1.96. The van der Waals surface area contributed by atoms with Crippen molar-refractivity contribution in [3.63, 3.8) is 0 Å². The zero-order valence-electron chi connectivity index (χ0n) is 14.0. The molecule has 0 bridgehead atoms. The minimum Gasteiger partial charge on any atom is -0.395 e. The molecule has 0 fully saturated rings. The van der Waals surface area contributed by atoms with Crippen LogP contribution in [0.3, 0.4) is 0 Å². The molecule has 0 spiro atoms. The number of nitrogens with zero attached hydrogens (tertiary/aromatic N) is 1. The molecule has 1 aromatic heterocycles. The van der Waals surface area contributed by atoms with Crippen LogP contribution in [0.4, 0.5) is 5.69 Å². The van der Waals surface area contributed by atoms with E-state index in [2.05, 4.69) is 0 Å². The Bertz CT molecular complexity index is 749. The number of fused-ring (bicyclic) bond motifs is 1. The van der Waals surface area contributed by atoms with Gasteiger partial charge in [0.05, 0.1) is 11.5 Å². The highest BCUT2D eigenvalue weighted by Gasteiger charge is 2.22. The number of nitrogens with one attached hydrogen (secondary N) is 1. The van der Waals surface area contributed by atoms with Crippen LogP contribution in [0.2, 0.25) is 0 Å². The van der Waals surface area contributed by atoms with E-state index in [-0.39, 0.29) is 24.5 Å². The average Bonchev–Trinajstić information content (AvgIpc) is 2.93. The Balaban J connectivity index is 2.36. The number of rotatable bonds is 5. The lowest BCUT2D eigenvalue weighted by Gasteiger charge is -2.26. The molecule has 6 nitrogen and oxygen atoms in total. The highest BCUT2D eigenvalue weighted by molar-refractivity contribution is 7.20. The molecule has 24 heavy (non-hydrogen) atoms. The maximum Gasteiger partial charge on any atom is 0.284 e. The first kappa shape index (κ1) is 18.4. The van der Waals surface area contributed by atoms with Crippen LogP contribution in [0.25, 0.3) is 10.1 Å². The molecule has 0 atom stereocenters. The van der Waals surface area contributed by atoms with Gasteiger partial charge in [0.1, 0.15) is 0 Å². The molecular weight excluding hydrogens is 328 g/mol. The second-order valence-corrected chi connectivity index (χ2v) is 7.86. The van der Waals surface area contributed by atoms with E-state index in [0.29, 0.717) is 17.0 Å². The fraction of sp³-hybridized carbons (Fsp3) is 0.412. The first-order valence-corrected chi connectivity index (χ1v) is 8.46. The highest BCUT2D eigenvalue weighted by atomic mass is 32.1. The van der Waals surface area contributed by atoms with Crippen molar-refractivity contribution in [2.45, 2.75) is 27.2 Å². The van der Waals surface area contributed by atoms with Crippen LogP contribution >= 0.6 is 11.3 Å². The van der Waals surface area contributed by atoms with Crippen molar-refractivity contribution < 1.29 is 19.9 Å². The number of hydroxylamine groups is 1. The van der Waals surface area contributed by atoms with Gasteiger partial charge in [0.2, 0.25) is 5.91 Å². The van der Waals surface area contributed by atoms with Crippen molar-refractivity contribution in [1.29, 1.82) is 0 Å². The summed E-state index contributed by atoms with van der Waals surface area (Å²) in [5, 5.41) is 18.8. The van der Waals surface area contributed by atoms with E-state index in [1.807, 2.05) is 32.9 Å². The molecule has 0 saturated heterocycles. The molecule has 1 aromatic carbocycles. The van der Waals surface area contributed by atoms with Crippen molar-refractivity contribution in [2.24, 2.45) is 5.41 Å². The lowest BCUT2D eigenvalue weighted by Crippen LogP contribution is -2.35. The maximum atomic E-state index is 12.6. The van der Waals surface area contributed by atoms with Gasteiger partial charge < -0.3 is 10.0 Å². The second kappa shape index (κ2) is 7.29. The standard InChI is InChI=1S/C17H22N2O4S/c1-17(2,3)10-15(21)19(6-7-20)12-4-5-13-11(8-12)9-14(24-13)16(22)18-23/h4-5,8-9,20,23H,6-7,10H2,1-3H3,(H,18,22). The summed E-state index contributed by atoms with van der Waals surface area (Å²) in [6, 6.07) is 7.12. The van der Waals surface area contributed by atoms with Gasteiger partial charge in [-0.05, 0) is 35.1 Å². The van der Waals surface area contributed by atoms with Crippen LogP contribution in [0, 0.1) is 5.41 Å². The Morgan fingerprint density at radius 1 is 1.25 bits per heavy atom. The number of thiophene rings is 1. The fourth-order valence-corrected chi connectivity index (χ4v) is 3.35. The third-order valence-corrected chi connectivity index (χ3v) is 4.56. The van der Waals surface area contributed by atoms with Gasteiger partial charge in [0.15, 0.2) is 0 Å². The highest BCUT2D eigenvalue weighted by Crippen LogP contribution is 2.30. The van der Waals surface area contributed by atoms with Crippen LogP contribution in [-0.2, 0) is 4.79 Å². The normalized spacial score (nSPS) is 11.5. The summed E-state index contributed by atoms with van der Waals surface area (Å²) in [4.78, 5) is 26.0. The Morgan fingerprint density at radius 3 is 2.54 bits per heavy atom. The van der Waals surface area contributed by atoms with E-state index >= 15 is 0 Å². The topological polar surface area (TPSA) is 89.9 Å². The molecule has 7 heteroatoms. The SMILES string of the molecule is CC(C)(C)CC(=O)N(CCO)c1ccc2sc(C(=O)NO)cc2c1. The lowest BCUT2D eigenvalue weighted by atomic mass is 9.91. The zero-order chi connectivity index (χ0) is 17.9. The summed E-state index contributed by atoms with van der Waals surface area (Å²) >= 11 is 1.26. The van der Waals surface area contributed by atoms with E-state index in [4.69, 9.17) is 5.21 Å². The first-order chi connectivity index (χ1) is 11.2. The van der Waals surface area contributed by atoms with E-state index < -0.39 is 5.91 Å². The summed E-state index contributed by atoms with van der Waals surface area (Å²) in [6.45, 7) is 6.06. The third-order valence-electron chi connectivity index (χ3n) is 3.44. The Labute approximate surface area is 144 Å². The minimum absolute atomic E-state index is 0.0561. The Kier molecular flexibility index (Phi) is 5.58. The van der Waals surface area contributed by atoms with Crippen molar-refractivity contribution >= 4 is 38.9 Å². The molecular formula is C17H22N2O4S. The van der Waals surface area contributed by atoms with E-state index in [0.717, 1.165) is 10.1 Å². The van der Waals surface area contributed by atoms with Crippen molar-refractivity contribution in [3.8, 4) is 0 Å². The van der Waals surface area contributed by atoms with Gasteiger partial charge in [-0.1, -0.05) is 20.8 Å². The number of carbonyl (C=O) groups excluding carboxylic acids is 2. The van der Waals surface area contributed by atoms with Gasteiger partial charge in [-0.15, -0.1) is 11.3 Å². The number of anilines is 1. The van der Waals surface area contributed by atoms with Gasteiger partial charge in [-0.25, -0.2) is 5.48 Å². The maximum absolute atomic E-state index is 12.6. The van der Waals surface area contributed by atoms with Crippen molar-refractivity contribution in [1.82, 2.24) is 5.48 Å². The molecule has 0 saturated carbocycles. The van der Waals surface area contributed by atoms with Gasteiger partial charge in [0.25, 0.3) is 5.91 Å². The largest absolute Gasteiger partial charge is 0.395 e. The monoisotopic (exact) mass is 350 g/mol. The van der Waals surface area contributed by atoms with Crippen LogP contribution < -0.4 is 10.4 Å². The molecule has 2 rings (SSSR count). The number of hydrogen-bond acceptors (Lipinski definition) is 5. The molecule has 2 amide bonds. The number of benzene rings is 1. The molecule has 0 radical (unpaired) electrons. The number of hydrogen-bond donors (Lipinski definition) is 3. The zero-order valence-corrected chi connectivity index (χ0v) is 14.8. The van der Waals surface area contributed by atoms with E-state index in [9.17, 15) is 14.7 Å². The van der Waals surface area contributed by atoms with E-state index in [1.165, 1.54) is 11.3 Å². The molecule has 0 aliphatic heterocycles.